The SMILES string of the molecule is COC(=O)c1cc(-c2ccccc2C(F)(F)F)n(C)n1. The zero-order valence-corrected chi connectivity index (χ0v) is 10.7. The second-order valence-electron chi connectivity index (χ2n) is 4.07. The molecule has 1 heterocycles. The van der Waals surface area contributed by atoms with E-state index in [9.17, 15) is 18.0 Å². The maximum absolute atomic E-state index is 13.0. The van der Waals surface area contributed by atoms with E-state index in [2.05, 4.69) is 9.84 Å². The molecule has 0 atom stereocenters. The molecule has 0 spiro atoms. The highest BCUT2D eigenvalue weighted by atomic mass is 19.4. The van der Waals surface area contributed by atoms with Crippen LogP contribution in [-0.4, -0.2) is 22.9 Å². The van der Waals surface area contributed by atoms with Crippen molar-refractivity contribution in [2.75, 3.05) is 7.11 Å². The number of benzene rings is 1. The predicted octanol–water partition coefficient (Wildman–Crippen LogP) is 2.89. The van der Waals surface area contributed by atoms with E-state index in [-0.39, 0.29) is 17.0 Å². The van der Waals surface area contributed by atoms with Crippen molar-refractivity contribution in [1.82, 2.24) is 9.78 Å². The lowest BCUT2D eigenvalue weighted by molar-refractivity contribution is -0.137. The number of hydrogen-bond acceptors (Lipinski definition) is 3. The number of esters is 1. The van der Waals surface area contributed by atoms with Crippen LogP contribution < -0.4 is 0 Å². The van der Waals surface area contributed by atoms with Gasteiger partial charge in [-0.25, -0.2) is 4.79 Å². The molecule has 0 amide bonds. The largest absolute Gasteiger partial charge is 0.464 e. The Bertz CT molecular complexity index is 647. The average molecular weight is 284 g/mol. The minimum Gasteiger partial charge on any atom is -0.464 e. The maximum atomic E-state index is 13.0. The molecule has 20 heavy (non-hydrogen) atoms. The minimum atomic E-state index is -4.48. The molecule has 0 aliphatic rings. The fourth-order valence-electron chi connectivity index (χ4n) is 1.88. The average Bonchev–Trinajstić information content (AvgIpc) is 2.79. The van der Waals surface area contributed by atoms with E-state index in [0.717, 1.165) is 6.07 Å². The van der Waals surface area contributed by atoms with Crippen LogP contribution in [0.25, 0.3) is 11.3 Å². The van der Waals surface area contributed by atoms with Gasteiger partial charge in [0, 0.05) is 12.6 Å². The van der Waals surface area contributed by atoms with E-state index >= 15 is 0 Å². The third-order valence-corrected chi connectivity index (χ3v) is 2.78. The quantitative estimate of drug-likeness (QED) is 0.796. The number of halogens is 3. The fourth-order valence-corrected chi connectivity index (χ4v) is 1.88. The van der Waals surface area contributed by atoms with Gasteiger partial charge in [0.2, 0.25) is 0 Å². The summed E-state index contributed by atoms with van der Waals surface area (Å²) in [5.74, 6) is -0.698. The first-order chi connectivity index (χ1) is 9.34. The van der Waals surface area contributed by atoms with E-state index in [1.807, 2.05) is 0 Å². The van der Waals surface area contributed by atoms with Gasteiger partial charge in [0.25, 0.3) is 0 Å². The second-order valence-corrected chi connectivity index (χ2v) is 4.07. The number of carbonyl (C=O) groups is 1. The molecule has 7 heteroatoms. The molecular weight excluding hydrogens is 273 g/mol. The fraction of sp³-hybridized carbons (Fsp3) is 0.231. The van der Waals surface area contributed by atoms with Gasteiger partial charge in [0.05, 0.1) is 18.4 Å². The third kappa shape index (κ3) is 2.52. The Balaban J connectivity index is 2.58. The Morgan fingerprint density at radius 1 is 1.30 bits per heavy atom. The highest BCUT2D eigenvalue weighted by Gasteiger charge is 2.34. The molecule has 0 aliphatic heterocycles. The van der Waals surface area contributed by atoms with E-state index in [1.54, 1.807) is 0 Å². The van der Waals surface area contributed by atoms with Crippen molar-refractivity contribution >= 4 is 5.97 Å². The molecule has 0 N–H and O–H groups in total. The summed E-state index contributed by atoms with van der Waals surface area (Å²) >= 11 is 0. The molecule has 2 aromatic rings. The number of nitrogens with zero attached hydrogens (tertiary/aromatic N) is 2. The summed E-state index contributed by atoms with van der Waals surface area (Å²) in [5.41, 5.74) is -0.662. The summed E-state index contributed by atoms with van der Waals surface area (Å²) < 4.78 is 44.6. The van der Waals surface area contributed by atoms with Crippen LogP contribution in [0.1, 0.15) is 16.1 Å². The van der Waals surface area contributed by atoms with Crippen molar-refractivity contribution in [2.24, 2.45) is 7.05 Å². The molecule has 0 aliphatic carbocycles. The lowest BCUT2D eigenvalue weighted by Gasteiger charge is -2.12. The van der Waals surface area contributed by atoms with Crippen LogP contribution in [0.5, 0.6) is 0 Å². The smallest absolute Gasteiger partial charge is 0.417 e. The van der Waals surface area contributed by atoms with Crippen LogP contribution in [0, 0.1) is 0 Å². The number of hydrogen-bond donors (Lipinski definition) is 0. The van der Waals surface area contributed by atoms with Crippen LogP contribution in [0.4, 0.5) is 13.2 Å². The van der Waals surface area contributed by atoms with E-state index < -0.39 is 17.7 Å². The molecule has 0 saturated heterocycles. The molecule has 0 unspecified atom stereocenters. The number of aryl methyl sites for hydroxylation is 1. The molecule has 0 bridgehead atoms. The molecule has 106 valence electrons. The van der Waals surface area contributed by atoms with Gasteiger partial charge < -0.3 is 4.74 Å². The molecule has 1 aromatic carbocycles. The van der Waals surface area contributed by atoms with E-state index in [1.165, 1.54) is 43.1 Å². The third-order valence-electron chi connectivity index (χ3n) is 2.78. The maximum Gasteiger partial charge on any atom is 0.417 e. The van der Waals surface area contributed by atoms with Crippen molar-refractivity contribution in [3.63, 3.8) is 0 Å². The van der Waals surface area contributed by atoms with Crippen molar-refractivity contribution < 1.29 is 22.7 Å². The number of aromatic nitrogens is 2. The zero-order valence-electron chi connectivity index (χ0n) is 10.7. The lowest BCUT2D eigenvalue weighted by atomic mass is 10.0. The monoisotopic (exact) mass is 284 g/mol. The minimum absolute atomic E-state index is 0.0369. The molecule has 0 radical (unpaired) electrons. The van der Waals surface area contributed by atoms with Crippen LogP contribution >= 0.6 is 0 Å². The Hall–Kier alpha value is -2.31. The lowest BCUT2D eigenvalue weighted by Crippen LogP contribution is -2.08. The number of ether oxygens (including phenoxy) is 1. The van der Waals surface area contributed by atoms with Gasteiger partial charge in [-0.05, 0) is 12.1 Å². The highest BCUT2D eigenvalue weighted by Crippen LogP contribution is 2.36. The van der Waals surface area contributed by atoms with Crippen molar-refractivity contribution in [3.8, 4) is 11.3 Å². The first-order valence-corrected chi connectivity index (χ1v) is 5.63. The predicted molar refractivity (Wildman–Crippen MR) is 65.0 cm³/mol. The van der Waals surface area contributed by atoms with E-state index in [4.69, 9.17) is 0 Å². The summed E-state index contributed by atoms with van der Waals surface area (Å²) in [5, 5.41) is 3.86. The van der Waals surface area contributed by atoms with Gasteiger partial charge in [-0.3, -0.25) is 4.68 Å². The molecule has 4 nitrogen and oxygen atoms in total. The van der Waals surface area contributed by atoms with Gasteiger partial charge in [-0.1, -0.05) is 18.2 Å². The molecule has 1 aromatic heterocycles. The number of carbonyl (C=O) groups excluding carboxylic acids is 1. The number of rotatable bonds is 2. The highest BCUT2D eigenvalue weighted by molar-refractivity contribution is 5.88. The molecule has 0 saturated carbocycles. The Morgan fingerprint density at radius 3 is 2.55 bits per heavy atom. The van der Waals surface area contributed by atoms with Crippen LogP contribution in [0.3, 0.4) is 0 Å². The Morgan fingerprint density at radius 2 is 1.95 bits per heavy atom. The zero-order chi connectivity index (χ0) is 14.9. The normalized spacial score (nSPS) is 11.4. The van der Waals surface area contributed by atoms with Gasteiger partial charge in [-0.15, -0.1) is 0 Å². The second kappa shape index (κ2) is 4.99. The van der Waals surface area contributed by atoms with E-state index in [0.29, 0.717) is 0 Å². The number of methoxy groups -OCH3 is 1. The summed E-state index contributed by atoms with van der Waals surface area (Å²) in [6.07, 6.45) is -4.48. The first kappa shape index (κ1) is 14.1. The Kier molecular flexibility index (Phi) is 3.52. The topological polar surface area (TPSA) is 44.1 Å². The molecular formula is C13H11F3N2O2. The van der Waals surface area contributed by atoms with Crippen LogP contribution in [-0.2, 0) is 18.0 Å². The molecule has 0 fully saturated rings. The van der Waals surface area contributed by atoms with Crippen molar-refractivity contribution in [1.29, 1.82) is 0 Å². The summed E-state index contributed by atoms with van der Waals surface area (Å²) in [7, 11) is 2.65. The summed E-state index contributed by atoms with van der Waals surface area (Å²) in [6, 6.07) is 6.40. The van der Waals surface area contributed by atoms with Gasteiger partial charge in [-0.2, -0.15) is 18.3 Å². The van der Waals surface area contributed by atoms with Gasteiger partial charge in [0.15, 0.2) is 5.69 Å². The summed E-state index contributed by atoms with van der Waals surface area (Å²) in [6.45, 7) is 0. The number of alkyl halides is 3. The Labute approximate surface area is 112 Å². The summed E-state index contributed by atoms with van der Waals surface area (Å²) in [4.78, 5) is 11.4. The molecule has 2 rings (SSSR count). The van der Waals surface area contributed by atoms with Gasteiger partial charge in [0.1, 0.15) is 0 Å². The standard InChI is InChI=1S/C13H11F3N2O2/c1-18-11(7-10(17-18)12(19)20-2)8-5-3-4-6-9(8)13(14,15)16/h3-7H,1-2H3. The van der Waals surface area contributed by atoms with Crippen LogP contribution in [0.15, 0.2) is 30.3 Å². The van der Waals surface area contributed by atoms with Crippen molar-refractivity contribution in [3.05, 3.63) is 41.6 Å². The first-order valence-electron chi connectivity index (χ1n) is 5.63. The van der Waals surface area contributed by atoms with Gasteiger partial charge >= 0.3 is 12.1 Å². The van der Waals surface area contributed by atoms with Crippen molar-refractivity contribution in [2.45, 2.75) is 6.18 Å². The van der Waals surface area contributed by atoms with Crippen LogP contribution in [0.2, 0.25) is 0 Å².